The lowest BCUT2D eigenvalue weighted by Crippen LogP contribution is -2.32. The van der Waals surface area contributed by atoms with Gasteiger partial charge in [0.25, 0.3) is 0 Å². The molecule has 0 atom stereocenters. The van der Waals surface area contributed by atoms with Crippen molar-refractivity contribution in [2.75, 3.05) is 25.1 Å². The fourth-order valence-corrected chi connectivity index (χ4v) is 1.30. The molecule has 0 radical (unpaired) electrons. The van der Waals surface area contributed by atoms with E-state index in [-0.39, 0.29) is 13.2 Å². The first-order valence-electron chi connectivity index (χ1n) is 5.89. The number of nitrogens with one attached hydrogen (secondary N) is 2. The first-order valence-corrected chi connectivity index (χ1v) is 5.89. The van der Waals surface area contributed by atoms with Gasteiger partial charge in [-0.3, -0.25) is 0 Å². The van der Waals surface area contributed by atoms with Crippen LogP contribution in [0, 0.1) is 0 Å². The largest absolute Gasteiger partial charge is 0.482 e. The number of amides is 3. The summed E-state index contributed by atoms with van der Waals surface area (Å²) in [6.07, 6.45) is -0.916. The number of nitrogens with two attached hydrogens (primary N) is 1. The summed E-state index contributed by atoms with van der Waals surface area (Å²) in [4.78, 5) is 32.2. The van der Waals surface area contributed by atoms with Gasteiger partial charge in [-0.25, -0.2) is 14.4 Å². The Morgan fingerprint density at radius 2 is 2.05 bits per heavy atom. The minimum Gasteiger partial charge on any atom is -0.482 e. The van der Waals surface area contributed by atoms with Gasteiger partial charge in [-0.2, -0.15) is 0 Å². The van der Waals surface area contributed by atoms with Gasteiger partial charge in [0.05, 0.1) is 6.54 Å². The molecule has 0 saturated carbocycles. The van der Waals surface area contributed by atoms with Crippen molar-refractivity contribution in [2.45, 2.75) is 0 Å². The number of rotatable bonds is 7. The number of urea groups is 1. The Hall–Kier alpha value is -2.97. The molecule has 0 saturated heterocycles. The number of aliphatic carboxylic acids is 1. The highest BCUT2D eigenvalue weighted by molar-refractivity contribution is 5.89. The molecule has 0 unspecified atom stereocenters. The second kappa shape index (κ2) is 8.25. The van der Waals surface area contributed by atoms with Crippen molar-refractivity contribution in [1.29, 1.82) is 0 Å². The Morgan fingerprint density at radius 1 is 1.29 bits per heavy atom. The number of ether oxygens (including phenoxy) is 2. The van der Waals surface area contributed by atoms with Crippen molar-refractivity contribution in [3.8, 4) is 5.75 Å². The summed E-state index contributed by atoms with van der Waals surface area (Å²) in [5, 5.41) is 13.4. The fourth-order valence-electron chi connectivity index (χ4n) is 1.30. The molecule has 114 valence electrons. The average molecular weight is 297 g/mol. The predicted molar refractivity (Wildman–Crippen MR) is 72.1 cm³/mol. The molecule has 0 aromatic heterocycles. The van der Waals surface area contributed by atoms with Crippen LogP contribution in [0.3, 0.4) is 0 Å². The van der Waals surface area contributed by atoms with Crippen molar-refractivity contribution in [2.24, 2.45) is 5.73 Å². The Labute approximate surface area is 120 Å². The summed E-state index contributed by atoms with van der Waals surface area (Å²) in [6.45, 7) is -0.408. The van der Waals surface area contributed by atoms with E-state index in [1.165, 1.54) is 6.07 Å². The molecule has 9 heteroatoms. The highest BCUT2D eigenvalue weighted by Gasteiger charge is 2.04. The maximum atomic E-state index is 11.5. The van der Waals surface area contributed by atoms with E-state index in [0.717, 1.165) is 0 Å². The van der Waals surface area contributed by atoms with Crippen LogP contribution < -0.4 is 21.1 Å². The molecule has 1 aromatic carbocycles. The van der Waals surface area contributed by atoms with Gasteiger partial charge in [0.15, 0.2) is 6.61 Å². The van der Waals surface area contributed by atoms with E-state index in [9.17, 15) is 14.4 Å². The maximum absolute atomic E-state index is 11.5. The van der Waals surface area contributed by atoms with Gasteiger partial charge in [0, 0.05) is 11.8 Å². The molecular formula is C12H15N3O6. The molecule has 0 aliphatic carbocycles. The Morgan fingerprint density at radius 3 is 2.71 bits per heavy atom. The number of primary amides is 1. The quantitative estimate of drug-likeness (QED) is 0.536. The number of carbonyl (C=O) groups excluding carboxylic acids is 2. The van der Waals surface area contributed by atoms with Crippen LogP contribution in [0.4, 0.5) is 15.3 Å². The smallest absolute Gasteiger partial charge is 0.404 e. The van der Waals surface area contributed by atoms with E-state index in [1.54, 1.807) is 18.2 Å². The normalized spacial score (nSPS) is 9.52. The molecule has 1 rings (SSSR count). The van der Waals surface area contributed by atoms with E-state index in [2.05, 4.69) is 15.4 Å². The summed E-state index contributed by atoms with van der Waals surface area (Å²) in [5.41, 5.74) is 5.18. The van der Waals surface area contributed by atoms with E-state index >= 15 is 0 Å². The summed E-state index contributed by atoms with van der Waals surface area (Å²) in [6, 6.07) is 5.73. The number of carboxylic acids is 1. The standard InChI is InChI=1S/C12H15N3O6/c13-11(18)20-5-4-14-12(19)15-8-2-1-3-9(6-8)21-7-10(16)17/h1-3,6H,4-5,7H2,(H2,13,18)(H,16,17)(H2,14,15,19). The molecular weight excluding hydrogens is 282 g/mol. The molecule has 9 nitrogen and oxygen atoms in total. The summed E-state index contributed by atoms with van der Waals surface area (Å²) in [5.74, 6) is -0.784. The Balaban J connectivity index is 2.39. The van der Waals surface area contributed by atoms with E-state index in [4.69, 9.17) is 15.6 Å². The van der Waals surface area contributed by atoms with Gasteiger partial charge in [-0.05, 0) is 12.1 Å². The molecule has 0 bridgehead atoms. The second-order valence-electron chi connectivity index (χ2n) is 3.76. The third-order valence-corrected chi connectivity index (χ3v) is 2.09. The van der Waals surface area contributed by atoms with E-state index in [1.807, 2.05) is 0 Å². The number of hydrogen-bond acceptors (Lipinski definition) is 5. The number of carboxylic acid groups (broad SMARTS) is 1. The second-order valence-corrected chi connectivity index (χ2v) is 3.76. The molecule has 0 aliphatic heterocycles. The van der Waals surface area contributed by atoms with Crippen LogP contribution in [0.25, 0.3) is 0 Å². The zero-order chi connectivity index (χ0) is 15.7. The van der Waals surface area contributed by atoms with Gasteiger partial charge in [0.2, 0.25) is 0 Å². The number of carbonyl (C=O) groups is 3. The van der Waals surface area contributed by atoms with Gasteiger partial charge in [0.1, 0.15) is 12.4 Å². The average Bonchev–Trinajstić information content (AvgIpc) is 2.41. The highest BCUT2D eigenvalue weighted by Crippen LogP contribution is 2.17. The van der Waals surface area contributed by atoms with Crippen LogP contribution in [0.15, 0.2) is 24.3 Å². The Kier molecular flexibility index (Phi) is 6.32. The minimum absolute atomic E-state index is 0.0372. The third kappa shape index (κ3) is 7.25. The lowest BCUT2D eigenvalue weighted by Gasteiger charge is -2.09. The molecule has 0 aliphatic rings. The fraction of sp³-hybridized carbons (Fsp3) is 0.250. The van der Waals surface area contributed by atoms with Crippen molar-refractivity contribution >= 4 is 23.8 Å². The van der Waals surface area contributed by atoms with Gasteiger partial charge in [-0.1, -0.05) is 6.07 Å². The minimum atomic E-state index is -1.10. The monoisotopic (exact) mass is 297 g/mol. The lowest BCUT2D eigenvalue weighted by atomic mass is 10.3. The maximum Gasteiger partial charge on any atom is 0.404 e. The van der Waals surface area contributed by atoms with Gasteiger partial charge in [-0.15, -0.1) is 0 Å². The number of benzene rings is 1. The van der Waals surface area contributed by atoms with Crippen LogP contribution in [0.2, 0.25) is 0 Å². The number of hydrogen-bond donors (Lipinski definition) is 4. The first-order chi connectivity index (χ1) is 9.97. The van der Waals surface area contributed by atoms with E-state index < -0.39 is 24.7 Å². The van der Waals surface area contributed by atoms with Crippen LogP contribution in [0.5, 0.6) is 5.75 Å². The summed E-state index contributed by atoms with van der Waals surface area (Å²) >= 11 is 0. The van der Waals surface area contributed by atoms with Crippen LogP contribution in [-0.2, 0) is 9.53 Å². The summed E-state index contributed by atoms with van der Waals surface area (Å²) in [7, 11) is 0. The van der Waals surface area contributed by atoms with Crippen molar-refractivity contribution in [3.05, 3.63) is 24.3 Å². The molecule has 0 fully saturated rings. The predicted octanol–water partition coefficient (Wildman–Crippen LogP) is 0.367. The topological polar surface area (TPSA) is 140 Å². The summed E-state index contributed by atoms with van der Waals surface area (Å²) < 4.78 is 9.41. The molecule has 3 amide bonds. The SMILES string of the molecule is NC(=O)OCCNC(=O)Nc1cccc(OCC(=O)O)c1. The first kappa shape index (κ1) is 16.1. The number of anilines is 1. The molecule has 5 N–H and O–H groups in total. The zero-order valence-corrected chi connectivity index (χ0v) is 11.0. The third-order valence-electron chi connectivity index (χ3n) is 2.09. The van der Waals surface area contributed by atoms with Gasteiger partial charge >= 0.3 is 18.1 Å². The van der Waals surface area contributed by atoms with Crippen molar-refractivity contribution < 1.29 is 29.0 Å². The zero-order valence-electron chi connectivity index (χ0n) is 11.0. The van der Waals surface area contributed by atoms with Crippen LogP contribution >= 0.6 is 0 Å². The molecule has 0 spiro atoms. The van der Waals surface area contributed by atoms with Gasteiger partial charge < -0.3 is 30.9 Å². The van der Waals surface area contributed by atoms with Crippen molar-refractivity contribution in [3.63, 3.8) is 0 Å². The molecule has 0 heterocycles. The van der Waals surface area contributed by atoms with Crippen LogP contribution in [0.1, 0.15) is 0 Å². The lowest BCUT2D eigenvalue weighted by molar-refractivity contribution is -0.139. The van der Waals surface area contributed by atoms with E-state index in [0.29, 0.717) is 11.4 Å². The molecule has 1 aromatic rings. The Bertz CT molecular complexity index is 519. The molecule has 21 heavy (non-hydrogen) atoms. The van der Waals surface area contributed by atoms with Crippen LogP contribution in [-0.4, -0.2) is 43.0 Å². The van der Waals surface area contributed by atoms with Crippen molar-refractivity contribution in [1.82, 2.24) is 5.32 Å². The highest BCUT2D eigenvalue weighted by atomic mass is 16.5.